The molecule has 0 saturated carbocycles. The molecule has 0 radical (unpaired) electrons. The lowest BCUT2D eigenvalue weighted by Gasteiger charge is -2.26. The lowest BCUT2D eigenvalue weighted by molar-refractivity contribution is -0.120. The number of para-hydroxylation sites is 1. The molecule has 20 heavy (non-hydrogen) atoms. The van der Waals surface area contributed by atoms with Crippen LogP contribution in [0, 0.1) is 0 Å². The van der Waals surface area contributed by atoms with Gasteiger partial charge in [0.2, 0.25) is 5.91 Å². The van der Waals surface area contributed by atoms with E-state index in [-0.39, 0.29) is 18.1 Å². The van der Waals surface area contributed by atoms with Gasteiger partial charge in [0.05, 0.1) is 12.1 Å². The largest absolute Gasteiger partial charge is 0.380 e. The van der Waals surface area contributed by atoms with Crippen molar-refractivity contribution in [2.24, 2.45) is 0 Å². The Morgan fingerprint density at radius 2 is 2.20 bits per heavy atom. The van der Waals surface area contributed by atoms with Crippen LogP contribution in [-0.2, 0) is 16.0 Å². The zero-order valence-electron chi connectivity index (χ0n) is 12.0. The molecule has 2 heterocycles. The van der Waals surface area contributed by atoms with Gasteiger partial charge < -0.3 is 15.0 Å². The monoisotopic (exact) mass is 274 g/mol. The van der Waals surface area contributed by atoms with Crippen molar-refractivity contribution in [3.63, 3.8) is 0 Å². The zero-order chi connectivity index (χ0) is 13.9. The summed E-state index contributed by atoms with van der Waals surface area (Å²) in [5.41, 5.74) is 2.39. The summed E-state index contributed by atoms with van der Waals surface area (Å²) in [7, 11) is 1.71. The Bertz CT molecular complexity index is 489. The third-order valence-electron chi connectivity index (χ3n) is 4.35. The highest BCUT2D eigenvalue weighted by molar-refractivity contribution is 5.98. The van der Waals surface area contributed by atoms with Crippen molar-refractivity contribution in [3.05, 3.63) is 29.8 Å². The number of aryl methyl sites for hydroxylation is 1. The summed E-state index contributed by atoms with van der Waals surface area (Å²) < 4.78 is 5.34. The van der Waals surface area contributed by atoms with Crippen LogP contribution in [0.3, 0.4) is 0 Å². The van der Waals surface area contributed by atoms with Gasteiger partial charge in [-0.15, -0.1) is 0 Å². The number of methoxy groups -OCH3 is 1. The van der Waals surface area contributed by atoms with Gasteiger partial charge in [0.25, 0.3) is 0 Å². The number of ether oxygens (including phenoxy) is 1. The molecule has 0 aromatic heterocycles. The van der Waals surface area contributed by atoms with Crippen LogP contribution < -0.4 is 10.2 Å². The third-order valence-corrected chi connectivity index (χ3v) is 4.35. The Hall–Kier alpha value is -1.39. The first-order valence-corrected chi connectivity index (χ1v) is 7.45. The molecule has 2 unspecified atom stereocenters. The average molecular weight is 274 g/mol. The van der Waals surface area contributed by atoms with E-state index in [4.69, 9.17) is 4.74 Å². The number of amides is 1. The van der Waals surface area contributed by atoms with Crippen LogP contribution in [0.4, 0.5) is 5.69 Å². The van der Waals surface area contributed by atoms with Gasteiger partial charge in [-0.2, -0.15) is 0 Å². The van der Waals surface area contributed by atoms with Gasteiger partial charge >= 0.3 is 0 Å². The number of nitrogens with one attached hydrogen (secondary N) is 1. The minimum atomic E-state index is -0.105. The summed E-state index contributed by atoms with van der Waals surface area (Å²) in [5, 5.41) is 3.29. The molecule has 0 spiro atoms. The maximum absolute atomic E-state index is 12.8. The molecule has 2 aliphatic heterocycles. The van der Waals surface area contributed by atoms with Gasteiger partial charge in [0.15, 0.2) is 0 Å². The van der Waals surface area contributed by atoms with Gasteiger partial charge in [0, 0.05) is 25.9 Å². The van der Waals surface area contributed by atoms with Crippen LogP contribution in [0.15, 0.2) is 24.3 Å². The number of anilines is 1. The summed E-state index contributed by atoms with van der Waals surface area (Å²) in [5.74, 6) is 0.193. The second kappa shape index (κ2) is 5.94. The maximum atomic E-state index is 12.8. The Labute approximate surface area is 120 Å². The molecule has 1 aromatic carbocycles. The molecule has 0 bridgehead atoms. The van der Waals surface area contributed by atoms with E-state index in [1.165, 1.54) is 5.56 Å². The number of benzene rings is 1. The molecular weight excluding hydrogens is 252 g/mol. The first kappa shape index (κ1) is 13.6. The van der Waals surface area contributed by atoms with Crippen molar-refractivity contribution in [1.82, 2.24) is 5.32 Å². The Morgan fingerprint density at radius 3 is 3.00 bits per heavy atom. The predicted molar refractivity (Wildman–Crippen MR) is 78.9 cm³/mol. The van der Waals surface area contributed by atoms with E-state index in [0.29, 0.717) is 0 Å². The highest BCUT2D eigenvalue weighted by Gasteiger charge is 2.33. The standard InChI is InChI=1S/C16H22N2O2/c1-20-13-10-14(17-11-13)16(19)18-9-5-4-7-12-6-2-3-8-15(12)18/h2-3,6,8,13-14,17H,4-5,7,9-11H2,1H3. The Balaban J connectivity index is 1.81. The number of nitrogens with zero attached hydrogens (tertiary/aromatic N) is 1. The molecule has 4 heteroatoms. The fourth-order valence-electron chi connectivity index (χ4n) is 3.18. The molecule has 3 rings (SSSR count). The van der Waals surface area contributed by atoms with E-state index in [2.05, 4.69) is 23.5 Å². The van der Waals surface area contributed by atoms with Crippen molar-refractivity contribution < 1.29 is 9.53 Å². The quantitative estimate of drug-likeness (QED) is 0.893. The molecule has 1 saturated heterocycles. The van der Waals surface area contributed by atoms with Gasteiger partial charge in [0.1, 0.15) is 0 Å². The van der Waals surface area contributed by atoms with Gasteiger partial charge in [-0.3, -0.25) is 4.79 Å². The van der Waals surface area contributed by atoms with E-state index < -0.39 is 0 Å². The minimum Gasteiger partial charge on any atom is -0.380 e. The third kappa shape index (κ3) is 2.58. The summed E-state index contributed by atoms with van der Waals surface area (Å²) >= 11 is 0. The number of hydrogen-bond acceptors (Lipinski definition) is 3. The maximum Gasteiger partial charge on any atom is 0.244 e. The van der Waals surface area contributed by atoms with Crippen molar-refractivity contribution in [1.29, 1.82) is 0 Å². The summed E-state index contributed by atoms with van der Waals surface area (Å²) in [6, 6.07) is 8.18. The molecule has 1 aromatic rings. The van der Waals surface area contributed by atoms with Crippen LogP contribution in [-0.4, -0.2) is 38.3 Å². The van der Waals surface area contributed by atoms with Gasteiger partial charge in [-0.1, -0.05) is 18.2 Å². The second-order valence-electron chi connectivity index (χ2n) is 5.63. The highest BCUT2D eigenvalue weighted by Crippen LogP contribution is 2.27. The number of hydrogen-bond donors (Lipinski definition) is 1. The Kier molecular flexibility index (Phi) is 4.03. The Morgan fingerprint density at radius 1 is 1.35 bits per heavy atom. The normalized spacial score (nSPS) is 26.1. The highest BCUT2D eigenvalue weighted by atomic mass is 16.5. The SMILES string of the molecule is COC1CNC(C(=O)N2CCCCc3ccccc32)C1. The molecule has 0 aliphatic carbocycles. The fourth-order valence-corrected chi connectivity index (χ4v) is 3.18. The van der Waals surface area contributed by atoms with Crippen LogP contribution in [0.1, 0.15) is 24.8 Å². The molecular formula is C16H22N2O2. The molecule has 1 amide bonds. The fraction of sp³-hybridized carbons (Fsp3) is 0.562. The van der Waals surface area contributed by atoms with E-state index in [1.54, 1.807) is 7.11 Å². The number of carbonyl (C=O) groups excluding carboxylic acids is 1. The van der Waals surface area contributed by atoms with E-state index in [9.17, 15) is 4.79 Å². The van der Waals surface area contributed by atoms with Crippen molar-refractivity contribution >= 4 is 11.6 Å². The predicted octanol–water partition coefficient (Wildman–Crippen LogP) is 1.73. The van der Waals surface area contributed by atoms with Crippen LogP contribution in [0.5, 0.6) is 0 Å². The summed E-state index contributed by atoms with van der Waals surface area (Å²) in [6.45, 7) is 1.59. The van der Waals surface area contributed by atoms with Crippen LogP contribution in [0.25, 0.3) is 0 Å². The molecule has 1 fully saturated rings. The number of fused-ring (bicyclic) bond motifs is 1. The van der Waals surface area contributed by atoms with Crippen molar-refractivity contribution in [2.45, 2.75) is 37.8 Å². The first-order valence-electron chi connectivity index (χ1n) is 7.45. The van der Waals surface area contributed by atoms with Crippen molar-refractivity contribution in [2.75, 3.05) is 25.1 Å². The van der Waals surface area contributed by atoms with E-state index >= 15 is 0 Å². The summed E-state index contributed by atoms with van der Waals surface area (Å²) in [6.07, 6.45) is 4.22. The molecule has 4 nitrogen and oxygen atoms in total. The van der Waals surface area contributed by atoms with E-state index in [0.717, 1.165) is 44.5 Å². The first-order chi connectivity index (χ1) is 9.79. The van der Waals surface area contributed by atoms with Crippen LogP contribution in [0.2, 0.25) is 0 Å². The molecule has 108 valence electrons. The average Bonchev–Trinajstić information content (AvgIpc) is 2.86. The van der Waals surface area contributed by atoms with Gasteiger partial charge in [-0.25, -0.2) is 0 Å². The topological polar surface area (TPSA) is 41.6 Å². The molecule has 2 aliphatic rings. The van der Waals surface area contributed by atoms with Crippen LogP contribution >= 0.6 is 0 Å². The lowest BCUT2D eigenvalue weighted by atomic mass is 10.1. The number of rotatable bonds is 2. The summed E-state index contributed by atoms with van der Waals surface area (Å²) in [4.78, 5) is 14.8. The number of carbonyl (C=O) groups is 1. The zero-order valence-corrected chi connectivity index (χ0v) is 12.0. The molecule has 2 atom stereocenters. The second-order valence-corrected chi connectivity index (χ2v) is 5.63. The molecule has 1 N–H and O–H groups in total. The smallest absolute Gasteiger partial charge is 0.244 e. The minimum absolute atomic E-state index is 0.105. The van der Waals surface area contributed by atoms with E-state index in [1.807, 2.05) is 11.0 Å². The van der Waals surface area contributed by atoms with Gasteiger partial charge in [-0.05, 0) is 37.3 Å². The lowest BCUT2D eigenvalue weighted by Crippen LogP contribution is -2.44. The van der Waals surface area contributed by atoms with Crippen molar-refractivity contribution in [3.8, 4) is 0 Å².